The predicted octanol–water partition coefficient (Wildman–Crippen LogP) is 4.28. The molecule has 0 aliphatic rings. The Morgan fingerprint density at radius 1 is 0.778 bits per heavy atom. The maximum absolute atomic E-state index is 9.89. The standard InChI is InChI=1S/C15H16OS2/c1-12(16)15(17-13-8-4-2-5-9-13)18-14-10-6-3-7-11-14/h2-12,15-16H,1H3. The molecule has 0 radical (unpaired) electrons. The summed E-state index contributed by atoms with van der Waals surface area (Å²) in [5, 5.41) is 9.89. The molecule has 2 aromatic rings. The molecule has 0 saturated carbocycles. The Morgan fingerprint density at radius 2 is 1.17 bits per heavy atom. The van der Waals surface area contributed by atoms with Gasteiger partial charge in [-0.05, 0) is 31.2 Å². The van der Waals surface area contributed by atoms with Crippen LogP contribution in [0.3, 0.4) is 0 Å². The van der Waals surface area contributed by atoms with Crippen LogP contribution in [0.4, 0.5) is 0 Å². The third-order valence-electron chi connectivity index (χ3n) is 2.38. The molecule has 1 N–H and O–H groups in total. The molecule has 1 nitrogen and oxygen atoms in total. The van der Waals surface area contributed by atoms with Gasteiger partial charge in [-0.1, -0.05) is 36.4 Å². The van der Waals surface area contributed by atoms with Crippen LogP contribution in [0.5, 0.6) is 0 Å². The van der Waals surface area contributed by atoms with Crippen molar-refractivity contribution in [2.24, 2.45) is 0 Å². The van der Waals surface area contributed by atoms with E-state index in [1.165, 1.54) is 9.79 Å². The van der Waals surface area contributed by atoms with Gasteiger partial charge in [0.2, 0.25) is 0 Å². The second-order valence-electron chi connectivity index (χ2n) is 3.97. The van der Waals surface area contributed by atoms with E-state index in [1.807, 2.05) is 43.3 Å². The molecule has 0 aliphatic carbocycles. The van der Waals surface area contributed by atoms with Crippen molar-refractivity contribution < 1.29 is 5.11 Å². The minimum Gasteiger partial charge on any atom is -0.391 e. The lowest BCUT2D eigenvalue weighted by molar-refractivity contribution is 0.213. The van der Waals surface area contributed by atoms with Gasteiger partial charge in [-0.15, -0.1) is 23.5 Å². The Labute approximate surface area is 117 Å². The first kappa shape index (κ1) is 13.5. The zero-order valence-electron chi connectivity index (χ0n) is 10.2. The van der Waals surface area contributed by atoms with E-state index in [1.54, 1.807) is 23.5 Å². The summed E-state index contributed by atoms with van der Waals surface area (Å²) in [6.07, 6.45) is -0.361. The van der Waals surface area contributed by atoms with Gasteiger partial charge in [0.1, 0.15) is 0 Å². The van der Waals surface area contributed by atoms with Gasteiger partial charge >= 0.3 is 0 Å². The first-order chi connectivity index (χ1) is 8.75. The average Bonchev–Trinajstić information content (AvgIpc) is 2.40. The van der Waals surface area contributed by atoms with Gasteiger partial charge in [-0.3, -0.25) is 0 Å². The van der Waals surface area contributed by atoms with Gasteiger partial charge in [-0.2, -0.15) is 0 Å². The average molecular weight is 276 g/mol. The normalized spacial score (nSPS) is 12.6. The smallest absolute Gasteiger partial charge is 0.0852 e. The molecule has 0 bridgehead atoms. The zero-order valence-corrected chi connectivity index (χ0v) is 11.8. The lowest BCUT2D eigenvalue weighted by Crippen LogP contribution is -2.15. The summed E-state index contributed by atoms with van der Waals surface area (Å²) in [6.45, 7) is 1.84. The Morgan fingerprint density at radius 3 is 1.50 bits per heavy atom. The predicted molar refractivity (Wildman–Crippen MR) is 80.1 cm³/mol. The van der Waals surface area contributed by atoms with Crippen molar-refractivity contribution in [3.05, 3.63) is 60.7 Å². The second kappa shape index (κ2) is 6.88. The van der Waals surface area contributed by atoms with Gasteiger partial charge in [0.25, 0.3) is 0 Å². The molecule has 2 rings (SSSR count). The topological polar surface area (TPSA) is 20.2 Å². The molecule has 0 aromatic heterocycles. The minimum absolute atomic E-state index is 0.106. The van der Waals surface area contributed by atoms with E-state index < -0.39 is 0 Å². The van der Waals surface area contributed by atoms with Crippen molar-refractivity contribution in [2.75, 3.05) is 0 Å². The fourth-order valence-corrected chi connectivity index (χ4v) is 3.91. The summed E-state index contributed by atoms with van der Waals surface area (Å²) in [5.74, 6) is 0. The highest BCUT2D eigenvalue weighted by atomic mass is 32.2. The van der Waals surface area contributed by atoms with Crippen LogP contribution in [-0.4, -0.2) is 15.8 Å². The van der Waals surface area contributed by atoms with E-state index in [-0.39, 0.29) is 10.7 Å². The van der Waals surface area contributed by atoms with Crippen molar-refractivity contribution in [3.63, 3.8) is 0 Å². The number of benzene rings is 2. The second-order valence-corrected chi connectivity index (χ2v) is 6.70. The fourth-order valence-electron chi connectivity index (χ4n) is 1.49. The molecule has 2 aromatic carbocycles. The van der Waals surface area contributed by atoms with Gasteiger partial charge in [-0.25, -0.2) is 0 Å². The van der Waals surface area contributed by atoms with Crippen LogP contribution >= 0.6 is 23.5 Å². The highest BCUT2D eigenvalue weighted by molar-refractivity contribution is 8.17. The van der Waals surface area contributed by atoms with Crippen LogP contribution in [0.2, 0.25) is 0 Å². The molecule has 0 aliphatic heterocycles. The molecular formula is C15H16OS2. The van der Waals surface area contributed by atoms with Crippen LogP contribution < -0.4 is 0 Å². The number of hydrogen-bond donors (Lipinski definition) is 1. The van der Waals surface area contributed by atoms with Crippen molar-refractivity contribution in [2.45, 2.75) is 27.4 Å². The van der Waals surface area contributed by atoms with E-state index in [4.69, 9.17) is 0 Å². The molecule has 0 heterocycles. The number of thioether (sulfide) groups is 2. The first-order valence-electron chi connectivity index (χ1n) is 5.87. The Bertz CT molecular complexity index is 415. The molecule has 18 heavy (non-hydrogen) atoms. The van der Waals surface area contributed by atoms with Gasteiger partial charge in [0.05, 0.1) is 10.7 Å². The summed E-state index contributed by atoms with van der Waals surface area (Å²) >= 11 is 3.41. The lowest BCUT2D eigenvalue weighted by Gasteiger charge is -2.19. The number of rotatable bonds is 5. The zero-order chi connectivity index (χ0) is 12.8. The Kier molecular flexibility index (Phi) is 5.17. The van der Waals surface area contributed by atoms with Gasteiger partial charge < -0.3 is 5.11 Å². The summed E-state index contributed by atoms with van der Waals surface area (Å²) in [5.41, 5.74) is 0. The first-order valence-corrected chi connectivity index (χ1v) is 7.63. The number of hydrogen-bond acceptors (Lipinski definition) is 3. The van der Waals surface area contributed by atoms with Crippen LogP contribution in [0.1, 0.15) is 6.92 Å². The van der Waals surface area contributed by atoms with E-state index in [2.05, 4.69) is 24.3 Å². The van der Waals surface area contributed by atoms with Gasteiger partial charge in [0.15, 0.2) is 0 Å². The maximum atomic E-state index is 9.89. The van der Waals surface area contributed by atoms with Crippen LogP contribution in [0, 0.1) is 0 Å². The number of aliphatic hydroxyl groups excluding tert-OH is 1. The summed E-state index contributed by atoms with van der Waals surface area (Å²) in [7, 11) is 0. The molecule has 0 amide bonds. The summed E-state index contributed by atoms with van der Waals surface area (Å²) in [6, 6.07) is 20.4. The molecule has 0 saturated heterocycles. The SMILES string of the molecule is CC(O)C(Sc1ccccc1)Sc1ccccc1. The lowest BCUT2D eigenvalue weighted by atomic mass is 10.4. The molecule has 0 spiro atoms. The fraction of sp³-hybridized carbons (Fsp3) is 0.200. The molecule has 1 atom stereocenters. The Hall–Kier alpha value is -0.900. The van der Waals surface area contributed by atoms with Crippen LogP contribution in [0.25, 0.3) is 0 Å². The van der Waals surface area contributed by atoms with Crippen molar-refractivity contribution in [1.82, 2.24) is 0 Å². The highest BCUT2D eigenvalue weighted by Gasteiger charge is 2.17. The molecular weight excluding hydrogens is 260 g/mol. The summed E-state index contributed by atoms with van der Waals surface area (Å²) < 4.78 is 0.106. The van der Waals surface area contributed by atoms with E-state index >= 15 is 0 Å². The monoisotopic (exact) mass is 276 g/mol. The third-order valence-corrected chi connectivity index (χ3v) is 5.30. The minimum atomic E-state index is -0.361. The van der Waals surface area contributed by atoms with Crippen molar-refractivity contribution in [1.29, 1.82) is 0 Å². The van der Waals surface area contributed by atoms with Crippen molar-refractivity contribution >= 4 is 23.5 Å². The molecule has 94 valence electrons. The quantitative estimate of drug-likeness (QED) is 0.650. The maximum Gasteiger partial charge on any atom is 0.0852 e. The molecule has 0 fully saturated rings. The van der Waals surface area contributed by atoms with Crippen LogP contribution in [0.15, 0.2) is 70.5 Å². The van der Waals surface area contributed by atoms with E-state index in [0.29, 0.717) is 0 Å². The molecule has 3 heteroatoms. The summed E-state index contributed by atoms with van der Waals surface area (Å²) in [4.78, 5) is 2.37. The number of aliphatic hydroxyl groups is 1. The highest BCUT2D eigenvalue weighted by Crippen LogP contribution is 2.37. The van der Waals surface area contributed by atoms with Crippen LogP contribution in [-0.2, 0) is 0 Å². The molecule has 1 unspecified atom stereocenters. The Balaban J connectivity index is 2.05. The van der Waals surface area contributed by atoms with E-state index in [0.717, 1.165) is 0 Å². The largest absolute Gasteiger partial charge is 0.391 e. The van der Waals surface area contributed by atoms with Gasteiger partial charge in [0, 0.05) is 9.79 Å². The van der Waals surface area contributed by atoms with Crippen molar-refractivity contribution in [3.8, 4) is 0 Å². The van der Waals surface area contributed by atoms with E-state index in [9.17, 15) is 5.11 Å². The third kappa shape index (κ3) is 4.09.